The van der Waals surface area contributed by atoms with Crippen molar-refractivity contribution in [2.24, 2.45) is 0 Å². The maximum absolute atomic E-state index is 12.3. The molecule has 0 saturated heterocycles. The van der Waals surface area contributed by atoms with Crippen LogP contribution in [0.3, 0.4) is 0 Å². The molecule has 110 valence electrons. The van der Waals surface area contributed by atoms with Crippen molar-refractivity contribution in [1.29, 1.82) is 0 Å². The van der Waals surface area contributed by atoms with Gasteiger partial charge in [-0.3, -0.25) is 4.79 Å². The molecular formula is C15H24N4O. The van der Waals surface area contributed by atoms with Crippen LogP contribution in [0.15, 0.2) is 12.1 Å². The zero-order valence-corrected chi connectivity index (χ0v) is 12.6. The van der Waals surface area contributed by atoms with Crippen LogP contribution in [-0.2, 0) is 6.42 Å². The molecule has 0 aromatic carbocycles. The standard InChI is InChI=1S/C15H24N4O/c1-4-12-8-11(9-13(16)18-12)14(20)17-10-15(19(2)3)6-5-7-15/h8-9H,4-7,10H2,1-3H3,(H2,16,18)(H,17,20). The van der Waals surface area contributed by atoms with Crippen molar-refractivity contribution in [3.8, 4) is 0 Å². The topological polar surface area (TPSA) is 71.2 Å². The van der Waals surface area contributed by atoms with E-state index in [1.54, 1.807) is 6.07 Å². The number of anilines is 1. The maximum atomic E-state index is 12.3. The zero-order valence-electron chi connectivity index (χ0n) is 12.6. The number of aryl methyl sites for hydroxylation is 1. The highest BCUT2D eigenvalue weighted by Crippen LogP contribution is 2.35. The van der Waals surface area contributed by atoms with Gasteiger partial charge in [-0.2, -0.15) is 0 Å². The van der Waals surface area contributed by atoms with Crippen molar-refractivity contribution in [2.45, 2.75) is 38.1 Å². The number of nitrogens with one attached hydrogen (secondary N) is 1. The van der Waals surface area contributed by atoms with E-state index < -0.39 is 0 Å². The summed E-state index contributed by atoms with van der Waals surface area (Å²) in [6, 6.07) is 3.45. The second-order valence-electron chi connectivity index (χ2n) is 5.78. The highest BCUT2D eigenvalue weighted by molar-refractivity contribution is 5.95. The maximum Gasteiger partial charge on any atom is 0.251 e. The largest absolute Gasteiger partial charge is 0.384 e. The van der Waals surface area contributed by atoms with Crippen LogP contribution in [0.5, 0.6) is 0 Å². The Morgan fingerprint density at radius 3 is 2.65 bits per heavy atom. The van der Waals surface area contributed by atoms with Crippen LogP contribution in [0.25, 0.3) is 0 Å². The summed E-state index contributed by atoms with van der Waals surface area (Å²) in [5.74, 6) is 0.336. The first-order chi connectivity index (χ1) is 9.47. The van der Waals surface area contributed by atoms with Gasteiger partial charge in [-0.05, 0) is 51.9 Å². The van der Waals surface area contributed by atoms with Crippen LogP contribution in [0, 0.1) is 0 Å². The Hall–Kier alpha value is -1.62. The fourth-order valence-corrected chi connectivity index (χ4v) is 2.64. The third kappa shape index (κ3) is 2.93. The van der Waals surface area contributed by atoms with Crippen molar-refractivity contribution in [3.05, 3.63) is 23.4 Å². The van der Waals surface area contributed by atoms with E-state index in [-0.39, 0.29) is 11.4 Å². The molecule has 0 spiro atoms. The minimum Gasteiger partial charge on any atom is -0.384 e. The second kappa shape index (κ2) is 5.79. The van der Waals surface area contributed by atoms with E-state index in [2.05, 4.69) is 29.3 Å². The fraction of sp³-hybridized carbons (Fsp3) is 0.600. The number of carbonyl (C=O) groups excluding carboxylic acids is 1. The molecule has 0 atom stereocenters. The lowest BCUT2D eigenvalue weighted by molar-refractivity contribution is 0.0557. The van der Waals surface area contributed by atoms with E-state index >= 15 is 0 Å². The molecule has 1 aromatic rings. The van der Waals surface area contributed by atoms with Crippen molar-refractivity contribution in [3.63, 3.8) is 0 Å². The SMILES string of the molecule is CCc1cc(C(=O)NCC2(N(C)C)CCC2)cc(N)n1. The van der Waals surface area contributed by atoms with Gasteiger partial charge in [0.25, 0.3) is 5.91 Å². The van der Waals surface area contributed by atoms with Gasteiger partial charge in [0.1, 0.15) is 5.82 Å². The van der Waals surface area contributed by atoms with Crippen molar-refractivity contribution < 1.29 is 4.79 Å². The lowest BCUT2D eigenvalue weighted by Gasteiger charge is -2.47. The number of amides is 1. The highest BCUT2D eigenvalue weighted by atomic mass is 16.1. The predicted octanol–water partition coefficient (Wildman–Crippen LogP) is 1.44. The van der Waals surface area contributed by atoms with Gasteiger partial charge in [-0.25, -0.2) is 4.98 Å². The summed E-state index contributed by atoms with van der Waals surface area (Å²) in [7, 11) is 4.15. The lowest BCUT2D eigenvalue weighted by atomic mass is 9.75. The Morgan fingerprint density at radius 2 is 2.15 bits per heavy atom. The van der Waals surface area contributed by atoms with Crippen LogP contribution in [-0.4, -0.2) is 42.0 Å². The molecule has 1 aliphatic carbocycles. The average Bonchev–Trinajstić information content (AvgIpc) is 2.35. The van der Waals surface area contributed by atoms with E-state index in [9.17, 15) is 4.79 Å². The monoisotopic (exact) mass is 276 g/mol. The first-order valence-corrected chi connectivity index (χ1v) is 7.19. The molecule has 0 aliphatic heterocycles. The Bertz CT molecular complexity index is 495. The molecule has 2 rings (SSSR count). The average molecular weight is 276 g/mol. The van der Waals surface area contributed by atoms with Crippen molar-refractivity contribution in [1.82, 2.24) is 15.2 Å². The molecule has 1 saturated carbocycles. The van der Waals surface area contributed by atoms with Gasteiger partial charge in [-0.1, -0.05) is 6.92 Å². The first kappa shape index (κ1) is 14.8. The Labute approximate surface area is 120 Å². The third-order valence-electron chi connectivity index (χ3n) is 4.33. The summed E-state index contributed by atoms with van der Waals surface area (Å²) in [4.78, 5) is 18.7. The van der Waals surface area contributed by atoms with Crippen molar-refractivity contribution >= 4 is 11.7 Å². The molecular weight excluding hydrogens is 252 g/mol. The molecule has 20 heavy (non-hydrogen) atoms. The summed E-state index contributed by atoms with van der Waals surface area (Å²) in [5.41, 5.74) is 7.32. The number of nitrogen functional groups attached to an aromatic ring is 1. The van der Waals surface area contributed by atoms with Crippen LogP contribution in [0.4, 0.5) is 5.82 Å². The molecule has 1 heterocycles. The zero-order chi connectivity index (χ0) is 14.8. The number of aromatic nitrogens is 1. The molecule has 3 N–H and O–H groups in total. The summed E-state index contributed by atoms with van der Waals surface area (Å²) in [5, 5.41) is 3.04. The minimum atomic E-state index is -0.0677. The normalized spacial score (nSPS) is 16.8. The van der Waals surface area contributed by atoms with Gasteiger partial charge in [0.05, 0.1) is 0 Å². The molecule has 0 unspecified atom stereocenters. The molecule has 1 fully saturated rings. The lowest BCUT2D eigenvalue weighted by Crippen LogP contribution is -2.57. The number of hydrogen-bond donors (Lipinski definition) is 2. The summed E-state index contributed by atoms with van der Waals surface area (Å²) >= 11 is 0. The van der Waals surface area contributed by atoms with Gasteiger partial charge >= 0.3 is 0 Å². The quantitative estimate of drug-likeness (QED) is 0.853. The number of rotatable bonds is 5. The summed E-state index contributed by atoms with van der Waals surface area (Å²) in [6.45, 7) is 2.68. The van der Waals surface area contributed by atoms with Gasteiger partial charge < -0.3 is 16.0 Å². The van der Waals surface area contributed by atoms with E-state index in [0.717, 1.165) is 25.0 Å². The van der Waals surface area contributed by atoms with E-state index in [4.69, 9.17) is 5.73 Å². The molecule has 1 aromatic heterocycles. The molecule has 5 heteroatoms. The Morgan fingerprint density at radius 1 is 1.45 bits per heavy atom. The Kier molecular flexibility index (Phi) is 4.28. The molecule has 0 radical (unpaired) electrons. The molecule has 0 bridgehead atoms. The number of nitrogens with two attached hydrogens (primary N) is 1. The van der Waals surface area contributed by atoms with Gasteiger partial charge in [-0.15, -0.1) is 0 Å². The minimum absolute atomic E-state index is 0.0677. The van der Waals surface area contributed by atoms with E-state index in [1.165, 1.54) is 6.42 Å². The molecule has 1 amide bonds. The third-order valence-corrected chi connectivity index (χ3v) is 4.33. The number of hydrogen-bond acceptors (Lipinski definition) is 4. The molecule has 5 nitrogen and oxygen atoms in total. The van der Waals surface area contributed by atoms with E-state index in [1.807, 2.05) is 13.0 Å². The van der Waals surface area contributed by atoms with Crippen LogP contribution in [0.1, 0.15) is 42.2 Å². The fourth-order valence-electron chi connectivity index (χ4n) is 2.64. The van der Waals surface area contributed by atoms with Crippen LogP contribution < -0.4 is 11.1 Å². The van der Waals surface area contributed by atoms with Crippen LogP contribution in [0.2, 0.25) is 0 Å². The van der Waals surface area contributed by atoms with E-state index in [0.29, 0.717) is 17.9 Å². The predicted molar refractivity (Wildman–Crippen MR) is 80.6 cm³/mol. The number of carbonyl (C=O) groups is 1. The highest BCUT2D eigenvalue weighted by Gasteiger charge is 2.39. The second-order valence-corrected chi connectivity index (χ2v) is 5.78. The summed E-state index contributed by atoms with van der Waals surface area (Å²) in [6.07, 6.45) is 4.28. The van der Waals surface area contributed by atoms with Crippen LogP contribution >= 0.6 is 0 Å². The number of pyridine rings is 1. The molecule has 1 aliphatic rings. The van der Waals surface area contributed by atoms with Gasteiger partial charge in [0.15, 0.2) is 0 Å². The smallest absolute Gasteiger partial charge is 0.251 e. The number of nitrogens with zero attached hydrogens (tertiary/aromatic N) is 2. The number of likely N-dealkylation sites (N-methyl/N-ethyl adjacent to an activating group) is 1. The Balaban J connectivity index is 2.03. The van der Waals surface area contributed by atoms with Crippen molar-refractivity contribution in [2.75, 3.05) is 26.4 Å². The summed E-state index contributed by atoms with van der Waals surface area (Å²) < 4.78 is 0. The van der Waals surface area contributed by atoms with Gasteiger partial charge in [0.2, 0.25) is 0 Å². The van der Waals surface area contributed by atoms with Gasteiger partial charge in [0, 0.05) is 23.3 Å². The first-order valence-electron chi connectivity index (χ1n) is 7.19.